The molecular formula is C14H28N2S. The number of piperazine rings is 1. The predicted octanol–water partition coefficient (Wildman–Crippen LogP) is 2.59. The van der Waals surface area contributed by atoms with Crippen molar-refractivity contribution in [1.82, 2.24) is 10.2 Å². The van der Waals surface area contributed by atoms with Gasteiger partial charge in [0.15, 0.2) is 0 Å². The molecular weight excluding hydrogens is 228 g/mol. The third-order valence-electron chi connectivity index (χ3n) is 4.67. The molecule has 0 radical (unpaired) electrons. The van der Waals surface area contributed by atoms with E-state index in [2.05, 4.69) is 35.8 Å². The summed E-state index contributed by atoms with van der Waals surface area (Å²) in [5.41, 5.74) is 0.404. The van der Waals surface area contributed by atoms with Crippen molar-refractivity contribution >= 4 is 11.8 Å². The van der Waals surface area contributed by atoms with Gasteiger partial charge in [-0.05, 0) is 43.1 Å². The minimum Gasteiger partial charge on any atom is -0.309 e. The van der Waals surface area contributed by atoms with Crippen LogP contribution in [0.25, 0.3) is 0 Å². The predicted molar refractivity (Wildman–Crippen MR) is 77.8 cm³/mol. The maximum absolute atomic E-state index is 3.75. The van der Waals surface area contributed by atoms with Crippen LogP contribution in [0.3, 0.4) is 0 Å². The molecule has 17 heavy (non-hydrogen) atoms. The first-order valence-electron chi connectivity index (χ1n) is 7.33. The van der Waals surface area contributed by atoms with E-state index in [-0.39, 0.29) is 0 Å². The van der Waals surface area contributed by atoms with Crippen LogP contribution in [0.1, 0.15) is 39.5 Å². The third-order valence-corrected chi connectivity index (χ3v) is 5.71. The molecule has 0 aromatic heterocycles. The Morgan fingerprint density at radius 2 is 1.94 bits per heavy atom. The van der Waals surface area contributed by atoms with Gasteiger partial charge in [0.25, 0.3) is 0 Å². The van der Waals surface area contributed by atoms with Gasteiger partial charge in [-0.2, -0.15) is 11.8 Å². The van der Waals surface area contributed by atoms with Crippen molar-refractivity contribution in [1.29, 1.82) is 0 Å². The van der Waals surface area contributed by atoms with Gasteiger partial charge < -0.3 is 5.32 Å². The molecule has 2 nitrogen and oxygen atoms in total. The molecule has 0 unspecified atom stereocenters. The van der Waals surface area contributed by atoms with E-state index in [1.54, 1.807) is 0 Å². The Bertz CT molecular complexity index is 222. The van der Waals surface area contributed by atoms with Gasteiger partial charge in [-0.1, -0.05) is 13.8 Å². The maximum Gasteiger partial charge on any atom is 0.0304 e. The van der Waals surface area contributed by atoms with Crippen molar-refractivity contribution in [3.05, 3.63) is 0 Å². The second-order valence-corrected chi connectivity index (χ2v) is 6.93. The number of nitrogens with one attached hydrogen (secondary N) is 1. The first-order valence-corrected chi connectivity index (χ1v) is 8.48. The molecule has 2 saturated heterocycles. The van der Waals surface area contributed by atoms with E-state index in [9.17, 15) is 0 Å². The zero-order chi connectivity index (χ0) is 12.1. The standard InChI is InChI=1S/C14H28N2S/c1-3-14(4-2)12-16(8-7-15-14)11-13-5-9-17-10-6-13/h13,15H,3-12H2,1-2H3. The van der Waals surface area contributed by atoms with Gasteiger partial charge in [-0.15, -0.1) is 0 Å². The van der Waals surface area contributed by atoms with Crippen molar-refractivity contribution in [3.63, 3.8) is 0 Å². The molecule has 0 aromatic rings. The molecule has 2 heterocycles. The molecule has 0 aliphatic carbocycles. The van der Waals surface area contributed by atoms with Crippen LogP contribution in [-0.2, 0) is 0 Å². The highest BCUT2D eigenvalue weighted by Crippen LogP contribution is 2.26. The molecule has 3 heteroatoms. The van der Waals surface area contributed by atoms with Crippen LogP contribution in [0.2, 0.25) is 0 Å². The lowest BCUT2D eigenvalue weighted by Crippen LogP contribution is -2.60. The highest BCUT2D eigenvalue weighted by Gasteiger charge is 2.32. The number of hydrogen-bond donors (Lipinski definition) is 1. The molecule has 2 aliphatic rings. The van der Waals surface area contributed by atoms with Crippen molar-refractivity contribution in [3.8, 4) is 0 Å². The van der Waals surface area contributed by atoms with E-state index in [0.717, 1.165) is 5.92 Å². The molecule has 2 fully saturated rings. The molecule has 0 saturated carbocycles. The number of thioether (sulfide) groups is 1. The summed E-state index contributed by atoms with van der Waals surface area (Å²) >= 11 is 2.14. The summed E-state index contributed by atoms with van der Waals surface area (Å²) in [4.78, 5) is 2.73. The highest BCUT2D eigenvalue weighted by molar-refractivity contribution is 7.99. The third kappa shape index (κ3) is 3.62. The fourth-order valence-electron chi connectivity index (χ4n) is 3.22. The number of hydrogen-bond acceptors (Lipinski definition) is 3. The van der Waals surface area contributed by atoms with Crippen LogP contribution in [-0.4, -0.2) is 48.1 Å². The molecule has 0 amide bonds. The Morgan fingerprint density at radius 1 is 1.24 bits per heavy atom. The van der Waals surface area contributed by atoms with Gasteiger partial charge in [0.05, 0.1) is 0 Å². The van der Waals surface area contributed by atoms with E-state index < -0.39 is 0 Å². The first-order chi connectivity index (χ1) is 8.28. The normalized spacial score (nSPS) is 27.2. The van der Waals surface area contributed by atoms with Crippen molar-refractivity contribution < 1.29 is 0 Å². The molecule has 0 atom stereocenters. The summed E-state index contributed by atoms with van der Waals surface area (Å²) in [6.07, 6.45) is 5.42. The first kappa shape index (κ1) is 13.7. The average molecular weight is 256 g/mol. The molecule has 0 spiro atoms. The summed E-state index contributed by atoms with van der Waals surface area (Å²) < 4.78 is 0. The minimum absolute atomic E-state index is 0.404. The number of rotatable bonds is 4. The average Bonchev–Trinajstić information content (AvgIpc) is 2.40. The molecule has 2 rings (SSSR count). The number of nitrogens with zero attached hydrogens (tertiary/aromatic N) is 1. The van der Waals surface area contributed by atoms with E-state index in [0.29, 0.717) is 5.54 Å². The van der Waals surface area contributed by atoms with Gasteiger partial charge in [0, 0.05) is 31.7 Å². The SMILES string of the molecule is CCC1(CC)CN(CC2CCSCC2)CCN1. The molecule has 0 aromatic carbocycles. The smallest absolute Gasteiger partial charge is 0.0304 e. The van der Waals surface area contributed by atoms with E-state index >= 15 is 0 Å². The van der Waals surface area contributed by atoms with Crippen LogP contribution >= 0.6 is 11.8 Å². The topological polar surface area (TPSA) is 15.3 Å². The highest BCUT2D eigenvalue weighted by atomic mass is 32.2. The quantitative estimate of drug-likeness (QED) is 0.832. The Labute approximate surface area is 111 Å². The zero-order valence-electron chi connectivity index (χ0n) is 11.5. The molecule has 1 N–H and O–H groups in total. The van der Waals surface area contributed by atoms with Crippen LogP contribution in [0, 0.1) is 5.92 Å². The van der Waals surface area contributed by atoms with Gasteiger partial charge in [0.2, 0.25) is 0 Å². The van der Waals surface area contributed by atoms with Crippen LogP contribution in [0.5, 0.6) is 0 Å². The van der Waals surface area contributed by atoms with Gasteiger partial charge in [0.1, 0.15) is 0 Å². The van der Waals surface area contributed by atoms with Gasteiger partial charge in [-0.3, -0.25) is 4.90 Å². The molecule has 2 aliphatic heterocycles. The van der Waals surface area contributed by atoms with Crippen molar-refractivity contribution in [2.45, 2.75) is 45.1 Å². The van der Waals surface area contributed by atoms with E-state index in [4.69, 9.17) is 0 Å². The monoisotopic (exact) mass is 256 g/mol. The summed E-state index contributed by atoms with van der Waals surface area (Å²) in [7, 11) is 0. The van der Waals surface area contributed by atoms with Crippen molar-refractivity contribution in [2.75, 3.05) is 37.7 Å². The molecule has 0 bridgehead atoms. The summed E-state index contributed by atoms with van der Waals surface area (Å²) in [6.45, 7) is 9.72. The lowest BCUT2D eigenvalue weighted by atomic mass is 9.89. The second kappa shape index (κ2) is 6.44. The second-order valence-electron chi connectivity index (χ2n) is 5.71. The van der Waals surface area contributed by atoms with Crippen LogP contribution in [0.15, 0.2) is 0 Å². The molecule has 100 valence electrons. The maximum atomic E-state index is 3.75. The minimum atomic E-state index is 0.404. The Balaban J connectivity index is 1.84. The lowest BCUT2D eigenvalue weighted by molar-refractivity contribution is 0.107. The van der Waals surface area contributed by atoms with Gasteiger partial charge in [-0.25, -0.2) is 0 Å². The summed E-state index contributed by atoms with van der Waals surface area (Å²) in [5.74, 6) is 3.76. The van der Waals surface area contributed by atoms with Crippen molar-refractivity contribution in [2.24, 2.45) is 5.92 Å². The van der Waals surface area contributed by atoms with E-state index in [1.165, 1.54) is 63.4 Å². The lowest BCUT2D eigenvalue weighted by Gasteiger charge is -2.44. The Kier molecular flexibility index (Phi) is 5.19. The fraction of sp³-hybridized carbons (Fsp3) is 1.00. The van der Waals surface area contributed by atoms with Gasteiger partial charge >= 0.3 is 0 Å². The zero-order valence-corrected chi connectivity index (χ0v) is 12.3. The van der Waals surface area contributed by atoms with E-state index in [1.807, 2.05) is 0 Å². The largest absolute Gasteiger partial charge is 0.309 e. The van der Waals surface area contributed by atoms with Crippen LogP contribution < -0.4 is 5.32 Å². The van der Waals surface area contributed by atoms with Crippen LogP contribution in [0.4, 0.5) is 0 Å². The summed E-state index contributed by atoms with van der Waals surface area (Å²) in [5, 5.41) is 3.75. The Hall–Kier alpha value is 0.270. The Morgan fingerprint density at radius 3 is 2.59 bits per heavy atom. The fourth-order valence-corrected chi connectivity index (χ4v) is 4.42. The summed E-state index contributed by atoms with van der Waals surface area (Å²) in [6, 6.07) is 0.